The van der Waals surface area contributed by atoms with Crippen LogP contribution in [0.15, 0.2) is 47.8 Å². The van der Waals surface area contributed by atoms with Crippen LogP contribution in [-0.2, 0) is 23.1 Å². The lowest BCUT2D eigenvalue weighted by atomic mass is 10.2. The van der Waals surface area contributed by atoms with Crippen LogP contribution in [0.1, 0.15) is 11.3 Å². The zero-order chi connectivity index (χ0) is 14.4. The van der Waals surface area contributed by atoms with Crippen molar-refractivity contribution in [3.05, 3.63) is 54.1 Å². The summed E-state index contributed by atoms with van der Waals surface area (Å²) in [7, 11) is -1.72. The van der Waals surface area contributed by atoms with Gasteiger partial charge in [0.25, 0.3) is 0 Å². The molecule has 0 aliphatic heterocycles. The first kappa shape index (κ1) is 14.6. The van der Waals surface area contributed by atoms with Gasteiger partial charge in [-0.15, -0.1) is 0 Å². The molecule has 0 unspecified atom stereocenters. The van der Waals surface area contributed by atoms with Gasteiger partial charge in [-0.3, -0.25) is 0 Å². The van der Waals surface area contributed by atoms with Crippen LogP contribution in [0.5, 0.6) is 0 Å². The lowest BCUT2D eigenvalue weighted by Gasteiger charge is -2.08. The smallest absolute Gasteiger partial charge is 0.240 e. The molecule has 0 saturated carbocycles. The molecular formula is C13H16N4O2S. The van der Waals surface area contributed by atoms with Crippen LogP contribution >= 0.6 is 0 Å². The highest BCUT2D eigenvalue weighted by molar-refractivity contribution is 7.89. The van der Waals surface area contributed by atoms with E-state index < -0.39 is 10.0 Å². The standard InChI is InChI=1S/C13H16N4O2S/c1-14-8-11-3-2-4-13(7-11)20(18,19)17-9-12-5-6-15-10-16-12/h2-7,10,14,17H,8-9H2,1H3. The summed E-state index contributed by atoms with van der Waals surface area (Å²) >= 11 is 0. The van der Waals surface area contributed by atoms with Gasteiger partial charge in [0.05, 0.1) is 17.1 Å². The largest absolute Gasteiger partial charge is 0.316 e. The number of aromatic nitrogens is 2. The average molecular weight is 292 g/mol. The van der Waals surface area contributed by atoms with Gasteiger partial charge in [0, 0.05) is 12.7 Å². The van der Waals surface area contributed by atoms with Crippen molar-refractivity contribution in [2.75, 3.05) is 7.05 Å². The fourth-order valence-corrected chi connectivity index (χ4v) is 2.77. The number of rotatable bonds is 6. The van der Waals surface area contributed by atoms with E-state index in [4.69, 9.17) is 0 Å². The van der Waals surface area contributed by atoms with Crippen LogP contribution in [0.2, 0.25) is 0 Å². The maximum absolute atomic E-state index is 12.2. The molecule has 0 aliphatic carbocycles. The minimum atomic E-state index is -3.54. The molecule has 1 aromatic carbocycles. The van der Waals surface area contributed by atoms with E-state index in [9.17, 15) is 8.42 Å². The Morgan fingerprint density at radius 1 is 1.20 bits per heavy atom. The van der Waals surface area contributed by atoms with Crippen molar-refractivity contribution >= 4 is 10.0 Å². The third kappa shape index (κ3) is 3.83. The van der Waals surface area contributed by atoms with E-state index in [1.165, 1.54) is 6.33 Å². The highest BCUT2D eigenvalue weighted by Crippen LogP contribution is 2.11. The number of nitrogens with one attached hydrogen (secondary N) is 2. The zero-order valence-electron chi connectivity index (χ0n) is 11.1. The molecule has 0 bridgehead atoms. The lowest BCUT2D eigenvalue weighted by molar-refractivity contribution is 0.580. The highest BCUT2D eigenvalue weighted by Gasteiger charge is 2.14. The molecule has 1 aromatic heterocycles. The highest BCUT2D eigenvalue weighted by atomic mass is 32.2. The normalized spacial score (nSPS) is 11.4. The minimum Gasteiger partial charge on any atom is -0.316 e. The van der Waals surface area contributed by atoms with Crippen molar-refractivity contribution in [2.24, 2.45) is 0 Å². The summed E-state index contributed by atoms with van der Waals surface area (Å²) < 4.78 is 26.9. The van der Waals surface area contributed by atoms with Gasteiger partial charge in [-0.25, -0.2) is 23.1 Å². The predicted octanol–water partition coefficient (Wildman–Crippen LogP) is 0.674. The van der Waals surface area contributed by atoms with E-state index in [1.807, 2.05) is 13.1 Å². The van der Waals surface area contributed by atoms with Gasteiger partial charge in [-0.05, 0) is 30.8 Å². The molecule has 2 N–H and O–H groups in total. The molecule has 0 amide bonds. The van der Waals surface area contributed by atoms with Crippen LogP contribution in [0.3, 0.4) is 0 Å². The van der Waals surface area contributed by atoms with Gasteiger partial charge in [0.2, 0.25) is 10.0 Å². The van der Waals surface area contributed by atoms with Gasteiger partial charge in [0.15, 0.2) is 0 Å². The first-order valence-electron chi connectivity index (χ1n) is 6.10. The van der Waals surface area contributed by atoms with Gasteiger partial charge in [-0.2, -0.15) is 0 Å². The fourth-order valence-electron chi connectivity index (χ4n) is 1.70. The van der Waals surface area contributed by atoms with Gasteiger partial charge >= 0.3 is 0 Å². The van der Waals surface area contributed by atoms with Gasteiger partial charge in [0.1, 0.15) is 6.33 Å². The molecule has 0 aliphatic rings. The van der Waals surface area contributed by atoms with E-state index in [1.54, 1.807) is 30.5 Å². The second kappa shape index (κ2) is 6.56. The summed E-state index contributed by atoms with van der Waals surface area (Å²) in [6, 6.07) is 8.49. The molecule has 2 aromatic rings. The molecule has 6 nitrogen and oxygen atoms in total. The molecule has 20 heavy (non-hydrogen) atoms. The first-order chi connectivity index (χ1) is 9.62. The summed E-state index contributed by atoms with van der Waals surface area (Å²) in [5.74, 6) is 0. The van der Waals surface area contributed by atoms with Crippen molar-refractivity contribution in [2.45, 2.75) is 18.0 Å². The molecule has 0 radical (unpaired) electrons. The van der Waals surface area contributed by atoms with E-state index in [0.29, 0.717) is 12.2 Å². The molecule has 2 rings (SSSR count). The molecule has 0 spiro atoms. The summed E-state index contributed by atoms with van der Waals surface area (Å²) in [5.41, 5.74) is 1.53. The summed E-state index contributed by atoms with van der Waals surface area (Å²) in [6.45, 7) is 0.760. The monoisotopic (exact) mass is 292 g/mol. The van der Waals surface area contributed by atoms with Crippen molar-refractivity contribution in [3.63, 3.8) is 0 Å². The molecule has 0 saturated heterocycles. The van der Waals surface area contributed by atoms with Crippen molar-refractivity contribution in [3.8, 4) is 0 Å². The Bertz CT molecular complexity index is 659. The molecule has 0 atom stereocenters. The second-order valence-corrected chi connectivity index (χ2v) is 5.97. The molecule has 0 fully saturated rings. The Morgan fingerprint density at radius 3 is 2.75 bits per heavy atom. The molecule has 1 heterocycles. The number of hydrogen-bond acceptors (Lipinski definition) is 5. The van der Waals surface area contributed by atoms with E-state index in [-0.39, 0.29) is 11.4 Å². The third-order valence-corrected chi connectivity index (χ3v) is 4.08. The van der Waals surface area contributed by atoms with Crippen LogP contribution in [0, 0.1) is 0 Å². The Kier molecular flexibility index (Phi) is 4.78. The van der Waals surface area contributed by atoms with Crippen LogP contribution in [0.4, 0.5) is 0 Å². The zero-order valence-corrected chi connectivity index (χ0v) is 11.9. The molecule has 7 heteroatoms. The number of benzene rings is 1. The Morgan fingerprint density at radius 2 is 2.05 bits per heavy atom. The van der Waals surface area contributed by atoms with Crippen molar-refractivity contribution in [1.82, 2.24) is 20.0 Å². The predicted molar refractivity (Wildman–Crippen MR) is 75.3 cm³/mol. The van der Waals surface area contributed by atoms with Crippen molar-refractivity contribution in [1.29, 1.82) is 0 Å². The van der Waals surface area contributed by atoms with Crippen molar-refractivity contribution < 1.29 is 8.42 Å². The average Bonchev–Trinajstić information content (AvgIpc) is 2.47. The molecular weight excluding hydrogens is 276 g/mol. The Hall–Kier alpha value is -1.83. The molecule has 106 valence electrons. The fraction of sp³-hybridized carbons (Fsp3) is 0.231. The number of nitrogens with zero attached hydrogens (tertiary/aromatic N) is 2. The maximum atomic E-state index is 12.2. The number of hydrogen-bond donors (Lipinski definition) is 2. The second-order valence-electron chi connectivity index (χ2n) is 4.20. The Labute approximate surface area is 118 Å². The summed E-state index contributed by atoms with van der Waals surface area (Å²) in [6.07, 6.45) is 2.96. The van der Waals surface area contributed by atoms with Crippen LogP contribution in [-0.4, -0.2) is 25.4 Å². The van der Waals surface area contributed by atoms with Crippen LogP contribution in [0.25, 0.3) is 0 Å². The van der Waals surface area contributed by atoms with E-state index in [2.05, 4.69) is 20.0 Å². The minimum absolute atomic E-state index is 0.140. The first-order valence-corrected chi connectivity index (χ1v) is 7.58. The SMILES string of the molecule is CNCc1cccc(S(=O)(=O)NCc2ccncn2)c1. The quantitative estimate of drug-likeness (QED) is 0.817. The Balaban J connectivity index is 2.12. The van der Waals surface area contributed by atoms with Gasteiger partial charge < -0.3 is 5.32 Å². The summed E-state index contributed by atoms with van der Waals surface area (Å²) in [5, 5.41) is 2.99. The maximum Gasteiger partial charge on any atom is 0.240 e. The number of sulfonamides is 1. The van der Waals surface area contributed by atoms with E-state index >= 15 is 0 Å². The third-order valence-electron chi connectivity index (χ3n) is 2.68. The topological polar surface area (TPSA) is 84.0 Å². The van der Waals surface area contributed by atoms with Crippen LogP contribution < -0.4 is 10.0 Å². The summed E-state index contributed by atoms with van der Waals surface area (Å²) in [4.78, 5) is 8.01. The van der Waals surface area contributed by atoms with E-state index in [0.717, 1.165) is 5.56 Å². The lowest BCUT2D eigenvalue weighted by Crippen LogP contribution is -2.24. The van der Waals surface area contributed by atoms with Gasteiger partial charge in [-0.1, -0.05) is 12.1 Å².